The van der Waals surface area contributed by atoms with Gasteiger partial charge in [-0.05, 0) is 55.0 Å². The fourth-order valence-electron chi connectivity index (χ4n) is 2.94. The van der Waals surface area contributed by atoms with Gasteiger partial charge in [-0.3, -0.25) is 4.79 Å². The molecule has 0 fully saturated rings. The van der Waals surface area contributed by atoms with Gasteiger partial charge >= 0.3 is 0 Å². The predicted octanol–water partition coefficient (Wildman–Crippen LogP) is 3.61. The van der Waals surface area contributed by atoms with Crippen LogP contribution in [0.4, 0.5) is 5.69 Å². The zero-order chi connectivity index (χ0) is 20.1. The van der Waals surface area contributed by atoms with Crippen LogP contribution in [0.1, 0.15) is 19.4 Å². The molecule has 0 saturated carbocycles. The van der Waals surface area contributed by atoms with E-state index in [1.165, 1.54) is 18.2 Å². The van der Waals surface area contributed by atoms with Gasteiger partial charge in [0, 0.05) is 42.0 Å². The Kier molecular flexibility index (Phi) is 5.96. The second-order valence-electron chi connectivity index (χ2n) is 6.27. The number of carbonyl (C=O) groups excluding carboxylic acids is 1. The number of hydrogen-bond donors (Lipinski definition) is 2. The predicted molar refractivity (Wildman–Crippen MR) is 113 cm³/mol. The highest BCUT2D eigenvalue weighted by atomic mass is 32.2. The fraction of sp³-hybridized carbons (Fsp3) is 0.190. The standard InChI is InChI=1S/C21H23N3O3S/c1-3-22-28(26,27)19-9-5-16(6-10-19)7-12-21(25)23-18-8-11-20-17(15-18)13-14-24(20)4-2/h5-15,22H,3-4H2,1-2H3,(H,23,25)/b12-7+. The molecule has 0 saturated heterocycles. The van der Waals surface area contributed by atoms with Crippen molar-refractivity contribution in [3.05, 3.63) is 66.4 Å². The van der Waals surface area contributed by atoms with Crippen molar-refractivity contribution in [2.75, 3.05) is 11.9 Å². The highest BCUT2D eigenvalue weighted by Crippen LogP contribution is 2.20. The minimum absolute atomic E-state index is 0.197. The monoisotopic (exact) mass is 397 g/mol. The number of aromatic nitrogens is 1. The van der Waals surface area contributed by atoms with Crippen LogP contribution in [0.15, 0.2) is 65.7 Å². The van der Waals surface area contributed by atoms with Gasteiger partial charge in [-0.1, -0.05) is 19.1 Å². The molecule has 0 bridgehead atoms. The molecule has 146 valence electrons. The lowest BCUT2D eigenvalue weighted by Crippen LogP contribution is -2.22. The van der Waals surface area contributed by atoms with E-state index in [1.54, 1.807) is 25.1 Å². The largest absolute Gasteiger partial charge is 0.348 e. The summed E-state index contributed by atoms with van der Waals surface area (Å²) in [4.78, 5) is 12.4. The van der Waals surface area contributed by atoms with Crippen LogP contribution in [-0.4, -0.2) is 25.4 Å². The Balaban J connectivity index is 1.67. The first-order valence-electron chi connectivity index (χ1n) is 9.10. The van der Waals surface area contributed by atoms with Crippen LogP contribution < -0.4 is 10.0 Å². The maximum Gasteiger partial charge on any atom is 0.248 e. The molecule has 1 amide bonds. The van der Waals surface area contributed by atoms with E-state index in [-0.39, 0.29) is 10.8 Å². The Hall–Kier alpha value is -2.90. The van der Waals surface area contributed by atoms with Crippen LogP contribution in [0.2, 0.25) is 0 Å². The molecule has 7 heteroatoms. The van der Waals surface area contributed by atoms with Gasteiger partial charge in [0.1, 0.15) is 0 Å². The van der Waals surface area contributed by atoms with Crippen molar-refractivity contribution in [1.29, 1.82) is 0 Å². The van der Waals surface area contributed by atoms with Crippen molar-refractivity contribution in [1.82, 2.24) is 9.29 Å². The average molecular weight is 398 g/mol. The van der Waals surface area contributed by atoms with Gasteiger partial charge in [-0.2, -0.15) is 0 Å². The summed E-state index contributed by atoms with van der Waals surface area (Å²) in [6, 6.07) is 14.2. The van der Waals surface area contributed by atoms with Crippen LogP contribution in [0.25, 0.3) is 17.0 Å². The lowest BCUT2D eigenvalue weighted by molar-refractivity contribution is -0.111. The number of rotatable bonds is 7. The van der Waals surface area contributed by atoms with E-state index >= 15 is 0 Å². The van der Waals surface area contributed by atoms with Crippen molar-refractivity contribution in [3.8, 4) is 0 Å². The van der Waals surface area contributed by atoms with Crippen LogP contribution >= 0.6 is 0 Å². The van der Waals surface area contributed by atoms with Gasteiger partial charge in [0.25, 0.3) is 0 Å². The van der Waals surface area contributed by atoms with Gasteiger partial charge in [0.15, 0.2) is 0 Å². The number of nitrogens with one attached hydrogen (secondary N) is 2. The third kappa shape index (κ3) is 4.49. The molecule has 0 spiro atoms. The molecular weight excluding hydrogens is 374 g/mol. The SMILES string of the molecule is CCNS(=O)(=O)c1ccc(/C=C/C(=O)Nc2ccc3c(ccn3CC)c2)cc1. The van der Waals surface area contributed by atoms with Crippen LogP contribution in [-0.2, 0) is 21.4 Å². The molecule has 28 heavy (non-hydrogen) atoms. The average Bonchev–Trinajstić information content (AvgIpc) is 3.09. The zero-order valence-corrected chi connectivity index (χ0v) is 16.7. The molecule has 2 N–H and O–H groups in total. The molecule has 0 aliphatic rings. The molecule has 1 heterocycles. The minimum atomic E-state index is -3.47. The molecule has 3 aromatic rings. The quantitative estimate of drug-likeness (QED) is 0.598. The van der Waals surface area contributed by atoms with Gasteiger partial charge < -0.3 is 9.88 Å². The molecular formula is C21H23N3O3S. The van der Waals surface area contributed by atoms with Crippen LogP contribution in [0, 0.1) is 0 Å². The second-order valence-corrected chi connectivity index (χ2v) is 8.04. The number of carbonyl (C=O) groups is 1. The Morgan fingerprint density at radius 3 is 2.50 bits per heavy atom. The zero-order valence-electron chi connectivity index (χ0n) is 15.8. The molecule has 3 rings (SSSR count). The molecule has 0 unspecified atom stereocenters. The minimum Gasteiger partial charge on any atom is -0.348 e. The molecule has 0 atom stereocenters. The molecule has 0 radical (unpaired) electrons. The number of fused-ring (bicyclic) bond motifs is 1. The second kappa shape index (κ2) is 8.41. The maximum atomic E-state index is 12.2. The summed E-state index contributed by atoms with van der Waals surface area (Å²) in [5, 5.41) is 3.91. The number of amides is 1. The topological polar surface area (TPSA) is 80.2 Å². The lowest BCUT2D eigenvalue weighted by Gasteiger charge is -2.05. The van der Waals surface area contributed by atoms with E-state index in [4.69, 9.17) is 0 Å². The fourth-order valence-corrected chi connectivity index (χ4v) is 3.98. The third-order valence-corrected chi connectivity index (χ3v) is 5.89. The summed E-state index contributed by atoms with van der Waals surface area (Å²) in [7, 11) is -3.47. The van der Waals surface area contributed by atoms with Gasteiger partial charge in [0.2, 0.25) is 15.9 Å². The first kappa shape index (κ1) is 19.9. The summed E-state index contributed by atoms with van der Waals surface area (Å²) in [6.45, 7) is 5.04. The Labute approximate surface area is 164 Å². The van der Waals surface area contributed by atoms with Gasteiger partial charge in [-0.15, -0.1) is 0 Å². The van der Waals surface area contributed by atoms with E-state index in [0.29, 0.717) is 6.54 Å². The van der Waals surface area contributed by atoms with E-state index in [1.807, 2.05) is 30.5 Å². The number of benzene rings is 2. The molecule has 6 nitrogen and oxygen atoms in total. The summed E-state index contributed by atoms with van der Waals surface area (Å²) in [5.74, 6) is -0.251. The number of anilines is 1. The molecule has 0 aliphatic heterocycles. The Morgan fingerprint density at radius 2 is 1.82 bits per heavy atom. The molecule has 1 aromatic heterocycles. The summed E-state index contributed by atoms with van der Waals surface area (Å²) in [6.07, 6.45) is 5.09. The lowest BCUT2D eigenvalue weighted by atomic mass is 10.2. The highest BCUT2D eigenvalue weighted by Gasteiger charge is 2.11. The number of hydrogen-bond acceptors (Lipinski definition) is 3. The van der Waals surface area contributed by atoms with Crippen molar-refractivity contribution in [2.45, 2.75) is 25.3 Å². The number of sulfonamides is 1. The van der Waals surface area contributed by atoms with Crippen molar-refractivity contribution >= 4 is 38.6 Å². The van der Waals surface area contributed by atoms with Crippen molar-refractivity contribution in [2.24, 2.45) is 0 Å². The number of aryl methyl sites for hydroxylation is 1. The summed E-state index contributed by atoms with van der Waals surface area (Å²) in [5.41, 5.74) is 2.59. The Morgan fingerprint density at radius 1 is 1.07 bits per heavy atom. The van der Waals surface area contributed by atoms with E-state index in [0.717, 1.165) is 28.7 Å². The normalized spacial score (nSPS) is 11.9. The first-order chi connectivity index (χ1) is 13.4. The van der Waals surface area contributed by atoms with Crippen LogP contribution in [0.3, 0.4) is 0 Å². The van der Waals surface area contributed by atoms with Gasteiger partial charge in [0.05, 0.1) is 4.90 Å². The summed E-state index contributed by atoms with van der Waals surface area (Å²) < 4.78 is 28.4. The highest BCUT2D eigenvalue weighted by molar-refractivity contribution is 7.89. The van der Waals surface area contributed by atoms with E-state index in [9.17, 15) is 13.2 Å². The van der Waals surface area contributed by atoms with Crippen molar-refractivity contribution < 1.29 is 13.2 Å². The van der Waals surface area contributed by atoms with Gasteiger partial charge in [-0.25, -0.2) is 13.1 Å². The molecule has 2 aromatic carbocycles. The molecule has 0 aliphatic carbocycles. The van der Waals surface area contributed by atoms with Crippen molar-refractivity contribution in [3.63, 3.8) is 0 Å². The first-order valence-corrected chi connectivity index (χ1v) is 10.6. The third-order valence-electron chi connectivity index (χ3n) is 4.33. The number of nitrogens with zero attached hydrogens (tertiary/aromatic N) is 1. The summed E-state index contributed by atoms with van der Waals surface area (Å²) >= 11 is 0. The maximum absolute atomic E-state index is 12.2. The smallest absolute Gasteiger partial charge is 0.248 e. The van der Waals surface area contributed by atoms with E-state index in [2.05, 4.69) is 21.5 Å². The van der Waals surface area contributed by atoms with Crippen LogP contribution in [0.5, 0.6) is 0 Å². The van der Waals surface area contributed by atoms with E-state index < -0.39 is 10.0 Å². The Bertz CT molecular complexity index is 1110.